The Hall–Kier alpha value is -2.52. The molecule has 22 heavy (non-hydrogen) atoms. The fraction of sp³-hybridized carbons (Fsp3) is 0.154. The maximum Gasteiger partial charge on any atom is 0.273 e. The van der Waals surface area contributed by atoms with Crippen molar-refractivity contribution in [3.05, 3.63) is 47.9 Å². The van der Waals surface area contributed by atoms with Crippen LogP contribution in [0.5, 0.6) is 0 Å². The molecule has 0 spiro atoms. The highest BCUT2D eigenvalue weighted by Gasteiger charge is 2.13. The van der Waals surface area contributed by atoms with Crippen LogP contribution in [0.3, 0.4) is 0 Å². The molecule has 1 aromatic heterocycles. The maximum absolute atomic E-state index is 12.0. The van der Waals surface area contributed by atoms with Gasteiger partial charge >= 0.3 is 0 Å². The number of aromatic nitrogens is 2. The summed E-state index contributed by atoms with van der Waals surface area (Å²) in [5.41, 5.74) is 6.23. The van der Waals surface area contributed by atoms with Crippen molar-refractivity contribution in [2.24, 2.45) is 0 Å². The molecule has 1 heterocycles. The molecular weight excluding hydrogens is 306 g/mol. The van der Waals surface area contributed by atoms with Crippen LogP contribution in [0.15, 0.2) is 41.6 Å². The van der Waals surface area contributed by atoms with E-state index in [2.05, 4.69) is 20.0 Å². The molecule has 8 nitrogen and oxygen atoms in total. The molecule has 0 saturated carbocycles. The number of hydrogen-bond acceptors (Lipinski definition) is 6. The smallest absolute Gasteiger partial charge is 0.273 e. The Morgan fingerprint density at radius 3 is 2.68 bits per heavy atom. The van der Waals surface area contributed by atoms with Gasteiger partial charge in [-0.25, -0.2) is 23.1 Å². The fourth-order valence-corrected chi connectivity index (χ4v) is 2.53. The summed E-state index contributed by atoms with van der Waals surface area (Å²) in [6.45, 7) is 0.141. The third kappa shape index (κ3) is 3.57. The highest BCUT2D eigenvalue weighted by molar-refractivity contribution is 7.89. The summed E-state index contributed by atoms with van der Waals surface area (Å²) in [6.07, 6.45) is 2.75. The lowest BCUT2D eigenvalue weighted by atomic mass is 10.2. The highest BCUT2D eigenvalue weighted by atomic mass is 32.2. The van der Waals surface area contributed by atoms with Crippen LogP contribution in [-0.2, 0) is 16.6 Å². The summed E-state index contributed by atoms with van der Waals surface area (Å²) in [5, 5.41) is 2.62. The Morgan fingerprint density at radius 2 is 2.00 bits per heavy atom. The first-order valence-electron chi connectivity index (χ1n) is 6.31. The van der Waals surface area contributed by atoms with Crippen molar-refractivity contribution in [2.45, 2.75) is 11.4 Å². The number of benzene rings is 1. The van der Waals surface area contributed by atoms with Crippen LogP contribution in [0.1, 0.15) is 16.1 Å². The molecule has 1 aromatic carbocycles. The Kier molecular flexibility index (Phi) is 4.68. The van der Waals surface area contributed by atoms with Crippen LogP contribution in [0.25, 0.3) is 0 Å². The maximum atomic E-state index is 12.0. The molecule has 1 amide bonds. The van der Waals surface area contributed by atoms with Crippen molar-refractivity contribution < 1.29 is 13.2 Å². The van der Waals surface area contributed by atoms with E-state index in [4.69, 9.17) is 5.73 Å². The molecule has 0 saturated heterocycles. The lowest BCUT2D eigenvalue weighted by molar-refractivity contribution is 0.0946. The average molecular weight is 321 g/mol. The van der Waals surface area contributed by atoms with Gasteiger partial charge in [0, 0.05) is 18.9 Å². The van der Waals surface area contributed by atoms with Crippen molar-refractivity contribution in [1.82, 2.24) is 20.0 Å². The van der Waals surface area contributed by atoms with Crippen LogP contribution < -0.4 is 15.8 Å². The predicted molar refractivity (Wildman–Crippen MR) is 80.3 cm³/mol. The molecule has 9 heteroatoms. The summed E-state index contributed by atoms with van der Waals surface area (Å²) in [6, 6.07) is 6.25. The number of hydrogen-bond donors (Lipinski definition) is 3. The largest absolute Gasteiger partial charge is 0.382 e. The predicted octanol–water partition coefficient (Wildman–Crippen LogP) is -0.103. The number of carbonyl (C=O) groups excluding carboxylic acids is 1. The van der Waals surface area contributed by atoms with Gasteiger partial charge in [-0.1, -0.05) is 12.1 Å². The second-order valence-electron chi connectivity index (χ2n) is 4.33. The van der Waals surface area contributed by atoms with Crippen LogP contribution >= 0.6 is 0 Å². The first-order chi connectivity index (χ1) is 10.4. The van der Waals surface area contributed by atoms with E-state index in [0.29, 0.717) is 5.56 Å². The molecule has 4 N–H and O–H groups in total. The molecule has 2 aromatic rings. The topological polar surface area (TPSA) is 127 Å². The number of sulfonamides is 1. The number of carbonyl (C=O) groups is 1. The Morgan fingerprint density at radius 1 is 1.27 bits per heavy atom. The van der Waals surface area contributed by atoms with E-state index in [9.17, 15) is 13.2 Å². The lowest BCUT2D eigenvalue weighted by Crippen LogP contribution is -2.25. The van der Waals surface area contributed by atoms with Gasteiger partial charge in [0.1, 0.15) is 0 Å². The van der Waals surface area contributed by atoms with Gasteiger partial charge in [-0.15, -0.1) is 0 Å². The van der Waals surface area contributed by atoms with Gasteiger partial charge in [0.15, 0.2) is 11.5 Å². The zero-order valence-electron chi connectivity index (χ0n) is 11.8. The van der Waals surface area contributed by atoms with Crippen LogP contribution in [0, 0.1) is 0 Å². The summed E-state index contributed by atoms with van der Waals surface area (Å²) in [5.74, 6) is -0.445. The quantitative estimate of drug-likeness (QED) is 0.705. The molecule has 0 fully saturated rings. The van der Waals surface area contributed by atoms with Crippen molar-refractivity contribution in [2.75, 3.05) is 12.8 Å². The monoisotopic (exact) mass is 321 g/mol. The molecule has 2 rings (SSSR count). The summed E-state index contributed by atoms with van der Waals surface area (Å²) < 4.78 is 25.7. The highest BCUT2D eigenvalue weighted by Crippen LogP contribution is 2.11. The standard InChI is InChI=1S/C13H15N5O3S/c1-15-22(20,21)10-4-2-3-9(7-10)8-18-13(19)11-12(14)17-6-5-16-11/h2-7,15H,8H2,1H3,(H2,14,17)(H,18,19). The summed E-state index contributed by atoms with van der Waals surface area (Å²) >= 11 is 0. The molecule has 0 aliphatic heterocycles. The normalized spacial score (nSPS) is 11.1. The van der Waals surface area contributed by atoms with E-state index in [-0.39, 0.29) is 23.0 Å². The van der Waals surface area contributed by atoms with E-state index in [1.54, 1.807) is 12.1 Å². The minimum atomic E-state index is -3.52. The Bertz CT molecular complexity index is 792. The van der Waals surface area contributed by atoms with Crippen molar-refractivity contribution in [3.63, 3.8) is 0 Å². The van der Waals surface area contributed by atoms with E-state index < -0.39 is 15.9 Å². The first kappa shape index (κ1) is 15.9. The van der Waals surface area contributed by atoms with Crippen LogP contribution in [0.4, 0.5) is 5.82 Å². The average Bonchev–Trinajstić information content (AvgIpc) is 2.53. The molecule has 0 aliphatic carbocycles. The number of amides is 1. The summed E-state index contributed by atoms with van der Waals surface area (Å²) in [7, 11) is -2.19. The van der Waals surface area contributed by atoms with Crippen LogP contribution in [-0.4, -0.2) is 31.3 Å². The molecular formula is C13H15N5O3S. The van der Waals surface area contributed by atoms with Gasteiger partial charge in [-0.05, 0) is 24.7 Å². The summed E-state index contributed by atoms with van der Waals surface area (Å²) in [4.78, 5) is 19.7. The van der Waals surface area contributed by atoms with E-state index in [1.165, 1.54) is 31.6 Å². The van der Waals surface area contributed by atoms with Crippen molar-refractivity contribution in [1.29, 1.82) is 0 Å². The SMILES string of the molecule is CNS(=O)(=O)c1cccc(CNC(=O)c2nccnc2N)c1. The molecule has 0 aliphatic rings. The van der Waals surface area contributed by atoms with E-state index in [0.717, 1.165) is 0 Å². The minimum absolute atomic E-state index is 0.0292. The number of nitrogens with zero attached hydrogens (tertiary/aromatic N) is 2. The number of rotatable bonds is 5. The van der Waals surface area contributed by atoms with Gasteiger partial charge in [0.05, 0.1) is 4.90 Å². The molecule has 0 radical (unpaired) electrons. The lowest BCUT2D eigenvalue weighted by Gasteiger charge is -2.08. The number of nitrogen functional groups attached to an aromatic ring is 1. The van der Waals surface area contributed by atoms with Gasteiger partial charge in [0.2, 0.25) is 10.0 Å². The fourth-order valence-electron chi connectivity index (χ4n) is 1.73. The minimum Gasteiger partial charge on any atom is -0.382 e. The Balaban J connectivity index is 2.11. The molecule has 0 unspecified atom stereocenters. The molecule has 116 valence electrons. The molecule has 0 bridgehead atoms. The van der Waals surface area contributed by atoms with Gasteiger partial charge in [-0.2, -0.15) is 0 Å². The third-order valence-corrected chi connectivity index (χ3v) is 4.28. The number of nitrogens with two attached hydrogens (primary N) is 1. The number of anilines is 1. The zero-order chi connectivity index (χ0) is 16.2. The second-order valence-corrected chi connectivity index (χ2v) is 6.21. The van der Waals surface area contributed by atoms with Crippen LogP contribution in [0.2, 0.25) is 0 Å². The first-order valence-corrected chi connectivity index (χ1v) is 7.79. The van der Waals surface area contributed by atoms with Gasteiger partial charge < -0.3 is 11.1 Å². The van der Waals surface area contributed by atoms with E-state index in [1.807, 2.05) is 0 Å². The van der Waals surface area contributed by atoms with Gasteiger partial charge in [-0.3, -0.25) is 4.79 Å². The second kappa shape index (κ2) is 6.50. The third-order valence-electron chi connectivity index (χ3n) is 2.87. The van der Waals surface area contributed by atoms with Gasteiger partial charge in [0.25, 0.3) is 5.91 Å². The van der Waals surface area contributed by atoms with Crippen molar-refractivity contribution in [3.8, 4) is 0 Å². The number of nitrogens with one attached hydrogen (secondary N) is 2. The Labute approximate surface area is 127 Å². The van der Waals surface area contributed by atoms with E-state index >= 15 is 0 Å². The van der Waals surface area contributed by atoms with Crippen molar-refractivity contribution >= 4 is 21.7 Å². The molecule has 0 atom stereocenters. The zero-order valence-corrected chi connectivity index (χ0v) is 12.6.